The SMILES string of the molecule is C#Cc1ccc(NC(=O)c2ccnn2C)c(C)c1. The molecule has 0 fully saturated rings. The van der Waals surface area contributed by atoms with Gasteiger partial charge in [-0.2, -0.15) is 5.10 Å². The van der Waals surface area contributed by atoms with Crippen LogP contribution in [0.1, 0.15) is 21.6 Å². The summed E-state index contributed by atoms with van der Waals surface area (Å²) in [7, 11) is 1.73. The molecular formula is C14H13N3O. The molecule has 0 saturated carbocycles. The van der Waals surface area contributed by atoms with Gasteiger partial charge in [0.2, 0.25) is 0 Å². The first-order valence-corrected chi connectivity index (χ1v) is 5.48. The number of hydrogen-bond acceptors (Lipinski definition) is 2. The molecule has 4 nitrogen and oxygen atoms in total. The second kappa shape index (κ2) is 4.76. The van der Waals surface area contributed by atoms with Gasteiger partial charge in [-0.1, -0.05) is 5.92 Å². The van der Waals surface area contributed by atoms with Crippen molar-refractivity contribution in [3.63, 3.8) is 0 Å². The molecule has 18 heavy (non-hydrogen) atoms. The second-order valence-electron chi connectivity index (χ2n) is 3.97. The molecule has 0 atom stereocenters. The van der Waals surface area contributed by atoms with Gasteiger partial charge in [-0.05, 0) is 36.8 Å². The number of anilines is 1. The van der Waals surface area contributed by atoms with E-state index < -0.39 is 0 Å². The van der Waals surface area contributed by atoms with E-state index >= 15 is 0 Å². The molecule has 0 unspecified atom stereocenters. The van der Waals surface area contributed by atoms with Crippen molar-refractivity contribution in [2.75, 3.05) is 5.32 Å². The first-order valence-electron chi connectivity index (χ1n) is 5.48. The summed E-state index contributed by atoms with van der Waals surface area (Å²) in [5.41, 5.74) is 2.99. The van der Waals surface area contributed by atoms with Crippen molar-refractivity contribution in [3.05, 3.63) is 47.3 Å². The highest BCUT2D eigenvalue weighted by atomic mass is 16.2. The van der Waals surface area contributed by atoms with Crippen LogP contribution in [-0.2, 0) is 7.05 Å². The molecule has 0 aliphatic carbocycles. The summed E-state index contributed by atoms with van der Waals surface area (Å²) in [5.74, 6) is 2.37. The van der Waals surface area contributed by atoms with Crippen LogP contribution < -0.4 is 5.32 Å². The minimum atomic E-state index is -0.188. The average Bonchev–Trinajstić information content (AvgIpc) is 2.78. The normalized spacial score (nSPS) is 9.83. The zero-order chi connectivity index (χ0) is 13.1. The van der Waals surface area contributed by atoms with Gasteiger partial charge in [0.1, 0.15) is 5.69 Å². The summed E-state index contributed by atoms with van der Waals surface area (Å²) in [5, 5.41) is 6.79. The molecule has 1 amide bonds. The van der Waals surface area contributed by atoms with Crippen LogP contribution in [0.15, 0.2) is 30.5 Å². The van der Waals surface area contributed by atoms with Crippen molar-refractivity contribution in [3.8, 4) is 12.3 Å². The Morgan fingerprint density at radius 3 is 2.78 bits per heavy atom. The van der Waals surface area contributed by atoms with Gasteiger partial charge in [-0.25, -0.2) is 0 Å². The smallest absolute Gasteiger partial charge is 0.273 e. The van der Waals surface area contributed by atoms with Crippen molar-refractivity contribution in [2.24, 2.45) is 7.05 Å². The summed E-state index contributed by atoms with van der Waals surface area (Å²) >= 11 is 0. The average molecular weight is 239 g/mol. The van der Waals surface area contributed by atoms with Crippen molar-refractivity contribution in [1.29, 1.82) is 0 Å². The Morgan fingerprint density at radius 1 is 1.44 bits per heavy atom. The van der Waals surface area contributed by atoms with E-state index in [0.717, 1.165) is 16.8 Å². The zero-order valence-corrected chi connectivity index (χ0v) is 10.3. The highest BCUT2D eigenvalue weighted by Gasteiger charge is 2.11. The molecule has 0 saturated heterocycles. The number of carbonyl (C=O) groups is 1. The first-order chi connectivity index (χ1) is 8.61. The minimum absolute atomic E-state index is 0.188. The van der Waals surface area contributed by atoms with Gasteiger partial charge in [0.25, 0.3) is 5.91 Å². The Labute approximate surface area is 106 Å². The molecule has 0 radical (unpaired) electrons. The maximum atomic E-state index is 12.0. The maximum absolute atomic E-state index is 12.0. The highest BCUT2D eigenvalue weighted by molar-refractivity contribution is 6.03. The van der Waals surface area contributed by atoms with Gasteiger partial charge >= 0.3 is 0 Å². The van der Waals surface area contributed by atoms with E-state index in [0.29, 0.717) is 5.69 Å². The number of nitrogens with zero attached hydrogens (tertiary/aromatic N) is 2. The summed E-state index contributed by atoms with van der Waals surface area (Å²) in [4.78, 5) is 12.0. The van der Waals surface area contributed by atoms with Crippen LogP contribution in [0.4, 0.5) is 5.69 Å². The quantitative estimate of drug-likeness (QED) is 0.814. The number of terminal acetylenes is 1. The van der Waals surface area contributed by atoms with Crippen LogP contribution in [0, 0.1) is 19.3 Å². The molecule has 2 rings (SSSR count). The lowest BCUT2D eigenvalue weighted by molar-refractivity contribution is 0.101. The molecule has 0 spiro atoms. The van der Waals surface area contributed by atoms with E-state index in [1.807, 2.05) is 13.0 Å². The van der Waals surface area contributed by atoms with E-state index in [1.165, 1.54) is 4.68 Å². The van der Waals surface area contributed by atoms with Crippen molar-refractivity contribution < 1.29 is 4.79 Å². The van der Waals surface area contributed by atoms with Crippen molar-refractivity contribution >= 4 is 11.6 Å². The predicted molar refractivity (Wildman–Crippen MR) is 70.3 cm³/mol. The fourth-order valence-corrected chi connectivity index (χ4v) is 1.68. The number of rotatable bonds is 2. The monoisotopic (exact) mass is 239 g/mol. The summed E-state index contributed by atoms with van der Waals surface area (Å²) < 4.78 is 1.53. The van der Waals surface area contributed by atoms with Gasteiger partial charge in [-0.15, -0.1) is 6.42 Å². The molecule has 1 N–H and O–H groups in total. The van der Waals surface area contributed by atoms with E-state index in [1.54, 1.807) is 31.4 Å². The number of aromatic nitrogens is 2. The Balaban J connectivity index is 2.23. The van der Waals surface area contributed by atoms with Crippen molar-refractivity contribution in [2.45, 2.75) is 6.92 Å². The van der Waals surface area contributed by atoms with Crippen LogP contribution in [0.5, 0.6) is 0 Å². The highest BCUT2D eigenvalue weighted by Crippen LogP contribution is 2.17. The zero-order valence-electron chi connectivity index (χ0n) is 10.3. The van der Waals surface area contributed by atoms with Crippen molar-refractivity contribution in [1.82, 2.24) is 9.78 Å². The van der Waals surface area contributed by atoms with Crippen LogP contribution in [0.3, 0.4) is 0 Å². The van der Waals surface area contributed by atoms with Crippen LogP contribution in [-0.4, -0.2) is 15.7 Å². The maximum Gasteiger partial charge on any atom is 0.273 e. The van der Waals surface area contributed by atoms with Crippen LogP contribution in [0.2, 0.25) is 0 Å². The van der Waals surface area contributed by atoms with E-state index in [4.69, 9.17) is 6.42 Å². The number of nitrogens with one attached hydrogen (secondary N) is 1. The fraction of sp³-hybridized carbons (Fsp3) is 0.143. The molecule has 0 aliphatic heterocycles. The Kier molecular flexibility index (Phi) is 3.16. The van der Waals surface area contributed by atoms with E-state index in [-0.39, 0.29) is 5.91 Å². The number of amides is 1. The summed E-state index contributed by atoms with van der Waals surface area (Å²) in [6.07, 6.45) is 6.90. The topological polar surface area (TPSA) is 46.9 Å². The number of hydrogen-bond donors (Lipinski definition) is 1. The Bertz CT molecular complexity index is 635. The van der Waals surface area contributed by atoms with E-state index in [2.05, 4.69) is 16.3 Å². The molecule has 0 bridgehead atoms. The largest absolute Gasteiger partial charge is 0.320 e. The van der Waals surface area contributed by atoms with Gasteiger partial charge in [0.15, 0.2) is 0 Å². The second-order valence-corrected chi connectivity index (χ2v) is 3.97. The molecule has 1 heterocycles. The third-order valence-corrected chi connectivity index (χ3v) is 2.69. The molecule has 2 aromatic rings. The van der Waals surface area contributed by atoms with E-state index in [9.17, 15) is 4.79 Å². The Hall–Kier alpha value is -2.54. The molecule has 0 aliphatic rings. The van der Waals surface area contributed by atoms with Gasteiger partial charge in [0.05, 0.1) is 0 Å². The van der Waals surface area contributed by atoms with Gasteiger partial charge in [0, 0.05) is 24.5 Å². The Morgan fingerprint density at radius 2 is 2.22 bits per heavy atom. The lowest BCUT2D eigenvalue weighted by Gasteiger charge is -2.08. The lowest BCUT2D eigenvalue weighted by atomic mass is 10.1. The molecule has 4 heteroatoms. The molecule has 90 valence electrons. The van der Waals surface area contributed by atoms with Crippen LogP contribution in [0.25, 0.3) is 0 Å². The number of benzene rings is 1. The molecule has 1 aromatic carbocycles. The number of carbonyl (C=O) groups excluding carboxylic acids is 1. The van der Waals surface area contributed by atoms with Gasteiger partial charge in [-0.3, -0.25) is 9.48 Å². The molecular weight excluding hydrogens is 226 g/mol. The third-order valence-electron chi connectivity index (χ3n) is 2.69. The fourth-order valence-electron chi connectivity index (χ4n) is 1.68. The number of aryl methyl sites for hydroxylation is 2. The third kappa shape index (κ3) is 2.25. The first kappa shape index (κ1) is 11.9. The standard InChI is InChI=1S/C14H13N3O/c1-4-11-5-6-12(10(2)9-11)16-14(18)13-7-8-15-17(13)3/h1,5-9H,2-3H3,(H,16,18). The summed E-state index contributed by atoms with van der Waals surface area (Å²) in [6.45, 7) is 1.90. The van der Waals surface area contributed by atoms with Gasteiger partial charge < -0.3 is 5.32 Å². The lowest BCUT2D eigenvalue weighted by Crippen LogP contribution is -2.16. The predicted octanol–water partition coefficient (Wildman–Crippen LogP) is 1.96. The summed E-state index contributed by atoms with van der Waals surface area (Å²) in [6, 6.07) is 7.13. The molecule has 1 aromatic heterocycles. The minimum Gasteiger partial charge on any atom is -0.320 e. The van der Waals surface area contributed by atoms with Crippen LogP contribution >= 0.6 is 0 Å².